The Balaban J connectivity index is 2.30. The van der Waals surface area contributed by atoms with E-state index in [-0.39, 0.29) is 0 Å². The van der Waals surface area contributed by atoms with E-state index in [9.17, 15) is 0 Å². The summed E-state index contributed by atoms with van der Waals surface area (Å²) in [5.41, 5.74) is 0.912. The summed E-state index contributed by atoms with van der Waals surface area (Å²) >= 11 is 5.74. The smallest absolute Gasteiger partial charge is 0.217 e. The van der Waals surface area contributed by atoms with Crippen LogP contribution in [0.25, 0.3) is 0 Å². The molecule has 1 rings (SSSR count). The molecule has 84 valence electrons. The van der Waals surface area contributed by atoms with Crippen LogP contribution < -0.4 is 4.74 Å². The van der Waals surface area contributed by atoms with Gasteiger partial charge in [-0.05, 0) is 12.5 Å². The molecule has 0 unspecified atom stereocenters. The van der Waals surface area contributed by atoms with Gasteiger partial charge in [-0.2, -0.15) is 0 Å². The van der Waals surface area contributed by atoms with Gasteiger partial charge in [0.15, 0.2) is 0 Å². The minimum Gasteiger partial charge on any atom is -0.475 e. The topological polar surface area (TPSA) is 31.4 Å². The maximum atomic E-state index is 5.74. The number of halogens is 1. The van der Waals surface area contributed by atoms with E-state index in [1.54, 1.807) is 6.20 Å². The zero-order chi connectivity index (χ0) is 10.9. The van der Waals surface area contributed by atoms with E-state index in [0.29, 0.717) is 25.0 Å². The van der Waals surface area contributed by atoms with E-state index < -0.39 is 0 Å². The summed E-state index contributed by atoms with van der Waals surface area (Å²) in [6, 6.07) is 3.75. The maximum Gasteiger partial charge on any atom is 0.217 e. The Kier molecular flexibility index (Phi) is 6.12. The molecule has 3 nitrogen and oxygen atoms in total. The first-order valence-corrected chi connectivity index (χ1v) is 5.62. The van der Waals surface area contributed by atoms with Crippen molar-refractivity contribution in [3.8, 4) is 5.88 Å². The minimum absolute atomic E-state index is 0.416. The van der Waals surface area contributed by atoms with Gasteiger partial charge in [0, 0.05) is 18.4 Å². The molecule has 0 aliphatic carbocycles. The third-order valence-electron chi connectivity index (χ3n) is 1.81. The van der Waals surface area contributed by atoms with Crippen LogP contribution in [0.3, 0.4) is 0 Å². The molecule has 0 saturated carbocycles. The van der Waals surface area contributed by atoms with Crippen molar-refractivity contribution in [3.63, 3.8) is 0 Å². The van der Waals surface area contributed by atoms with E-state index in [0.717, 1.165) is 18.6 Å². The van der Waals surface area contributed by atoms with Crippen LogP contribution in [0.15, 0.2) is 18.3 Å². The first-order chi connectivity index (χ1) is 7.38. The van der Waals surface area contributed by atoms with Gasteiger partial charge < -0.3 is 9.47 Å². The molecule has 1 heterocycles. The normalized spacial score (nSPS) is 10.3. The summed E-state index contributed by atoms with van der Waals surface area (Å²) in [4.78, 5) is 4.11. The highest BCUT2D eigenvalue weighted by atomic mass is 35.5. The number of hydrogen-bond acceptors (Lipinski definition) is 3. The molecule has 0 spiro atoms. The van der Waals surface area contributed by atoms with Crippen molar-refractivity contribution in [2.24, 2.45) is 0 Å². The molecule has 0 radical (unpaired) electrons. The predicted molar refractivity (Wildman–Crippen MR) is 60.4 cm³/mol. The van der Waals surface area contributed by atoms with Crippen molar-refractivity contribution in [3.05, 3.63) is 23.9 Å². The Labute approximate surface area is 95.4 Å². The van der Waals surface area contributed by atoms with Crippen LogP contribution in [0.1, 0.15) is 18.9 Å². The van der Waals surface area contributed by atoms with Crippen LogP contribution in [0, 0.1) is 0 Å². The lowest BCUT2D eigenvalue weighted by Crippen LogP contribution is -2.08. The molecule has 4 heteroatoms. The molecular weight excluding hydrogens is 214 g/mol. The van der Waals surface area contributed by atoms with E-state index in [1.807, 2.05) is 12.1 Å². The van der Waals surface area contributed by atoms with Gasteiger partial charge in [0.25, 0.3) is 0 Å². The largest absolute Gasteiger partial charge is 0.475 e. The van der Waals surface area contributed by atoms with Crippen LogP contribution in [0.2, 0.25) is 0 Å². The molecule has 0 amide bonds. The van der Waals surface area contributed by atoms with E-state index in [2.05, 4.69) is 11.9 Å². The van der Waals surface area contributed by atoms with Crippen molar-refractivity contribution in [2.75, 3.05) is 19.8 Å². The standard InChI is InChI=1S/C11H16ClNO2/c1-2-6-14-7-8-15-11-10(9-12)4-3-5-13-11/h3-5H,2,6-9H2,1H3. The Morgan fingerprint density at radius 1 is 1.33 bits per heavy atom. The molecule has 15 heavy (non-hydrogen) atoms. The first kappa shape index (κ1) is 12.3. The molecule has 1 aromatic heterocycles. The molecule has 0 fully saturated rings. The summed E-state index contributed by atoms with van der Waals surface area (Å²) in [7, 11) is 0. The maximum absolute atomic E-state index is 5.74. The summed E-state index contributed by atoms with van der Waals surface area (Å²) in [6.45, 7) is 3.95. The van der Waals surface area contributed by atoms with Gasteiger partial charge in [0.05, 0.1) is 12.5 Å². The minimum atomic E-state index is 0.416. The predicted octanol–water partition coefficient (Wildman–Crippen LogP) is 2.63. The molecule has 0 saturated heterocycles. The highest BCUT2D eigenvalue weighted by Crippen LogP contribution is 2.15. The Bertz CT molecular complexity index is 281. The van der Waals surface area contributed by atoms with Gasteiger partial charge in [0.1, 0.15) is 6.61 Å². The average Bonchev–Trinajstić information content (AvgIpc) is 2.29. The molecule has 0 N–H and O–H groups in total. The third kappa shape index (κ3) is 4.49. The number of nitrogens with zero attached hydrogens (tertiary/aromatic N) is 1. The van der Waals surface area contributed by atoms with Crippen LogP contribution in [-0.4, -0.2) is 24.8 Å². The van der Waals surface area contributed by atoms with Crippen LogP contribution in [0.4, 0.5) is 0 Å². The number of pyridine rings is 1. The number of hydrogen-bond donors (Lipinski definition) is 0. The van der Waals surface area contributed by atoms with Crippen molar-refractivity contribution < 1.29 is 9.47 Å². The molecule has 0 bridgehead atoms. The second-order valence-electron chi connectivity index (χ2n) is 3.06. The molecule has 0 aliphatic rings. The van der Waals surface area contributed by atoms with Gasteiger partial charge in [0.2, 0.25) is 5.88 Å². The molecule has 0 aliphatic heterocycles. The van der Waals surface area contributed by atoms with Crippen molar-refractivity contribution >= 4 is 11.6 Å². The second-order valence-corrected chi connectivity index (χ2v) is 3.33. The highest BCUT2D eigenvalue weighted by Gasteiger charge is 2.02. The first-order valence-electron chi connectivity index (χ1n) is 5.09. The fourth-order valence-electron chi connectivity index (χ4n) is 1.10. The Hall–Kier alpha value is -0.800. The van der Waals surface area contributed by atoms with Gasteiger partial charge in [-0.3, -0.25) is 0 Å². The molecule has 0 atom stereocenters. The van der Waals surface area contributed by atoms with Gasteiger partial charge in [-0.1, -0.05) is 13.0 Å². The van der Waals surface area contributed by atoms with Crippen molar-refractivity contribution in [1.82, 2.24) is 4.98 Å². The van der Waals surface area contributed by atoms with E-state index in [4.69, 9.17) is 21.1 Å². The van der Waals surface area contributed by atoms with Gasteiger partial charge >= 0.3 is 0 Å². The Morgan fingerprint density at radius 3 is 2.93 bits per heavy atom. The van der Waals surface area contributed by atoms with Crippen LogP contribution in [-0.2, 0) is 10.6 Å². The number of alkyl halides is 1. The lowest BCUT2D eigenvalue weighted by atomic mass is 10.3. The quantitative estimate of drug-likeness (QED) is 0.532. The molecule has 1 aromatic rings. The van der Waals surface area contributed by atoms with Gasteiger partial charge in [-0.25, -0.2) is 4.98 Å². The summed E-state index contributed by atoms with van der Waals surface area (Å²) in [5, 5.41) is 0. The lowest BCUT2D eigenvalue weighted by Gasteiger charge is -2.08. The van der Waals surface area contributed by atoms with E-state index >= 15 is 0 Å². The van der Waals surface area contributed by atoms with Crippen molar-refractivity contribution in [1.29, 1.82) is 0 Å². The van der Waals surface area contributed by atoms with Crippen LogP contribution >= 0.6 is 11.6 Å². The Morgan fingerprint density at radius 2 is 2.20 bits per heavy atom. The SMILES string of the molecule is CCCOCCOc1ncccc1CCl. The van der Waals surface area contributed by atoms with Gasteiger partial charge in [-0.15, -0.1) is 11.6 Å². The fourth-order valence-corrected chi connectivity index (χ4v) is 1.30. The number of ether oxygens (including phenoxy) is 2. The van der Waals surface area contributed by atoms with Crippen LogP contribution in [0.5, 0.6) is 5.88 Å². The van der Waals surface area contributed by atoms with E-state index in [1.165, 1.54) is 0 Å². The van der Waals surface area contributed by atoms with Crippen molar-refractivity contribution in [2.45, 2.75) is 19.2 Å². The second kappa shape index (κ2) is 7.49. The zero-order valence-electron chi connectivity index (χ0n) is 8.91. The number of aromatic nitrogens is 1. The summed E-state index contributed by atoms with van der Waals surface area (Å²) in [6.07, 6.45) is 2.72. The monoisotopic (exact) mass is 229 g/mol. The number of rotatable bonds is 7. The average molecular weight is 230 g/mol. The summed E-state index contributed by atoms with van der Waals surface area (Å²) < 4.78 is 10.7. The fraction of sp³-hybridized carbons (Fsp3) is 0.545. The molecular formula is C11H16ClNO2. The highest BCUT2D eigenvalue weighted by molar-refractivity contribution is 6.17. The third-order valence-corrected chi connectivity index (χ3v) is 2.10. The lowest BCUT2D eigenvalue weighted by molar-refractivity contribution is 0.0987. The zero-order valence-corrected chi connectivity index (χ0v) is 9.67. The summed E-state index contributed by atoms with van der Waals surface area (Å²) in [5.74, 6) is 1.02. The molecule has 0 aromatic carbocycles.